The molecule has 134 valence electrons. The van der Waals surface area contributed by atoms with E-state index in [0.717, 1.165) is 34.6 Å². The standard InChI is InChI=1S/C16H21N5O3S/c1-17-16-13-4-3-11(5-14(13)19-10-20-16)8-21-12(9-24-25-23-2)6-18-7-15(21)22/h3-5,10,12,18H,6-9H2,1-2H3,(H,17,19,20). The first-order valence-corrected chi connectivity index (χ1v) is 8.63. The fraction of sp³-hybridized carbons (Fsp3) is 0.438. The van der Waals surface area contributed by atoms with Crippen molar-refractivity contribution in [2.45, 2.75) is 12.6 Å². The number of carbonyl (C=O) groups is 1. The van der Waals surface area contributed by atoms with Crippen LogP contribution in [0.4, 0.5) is 5.82 Å². The summed E-state index contributed by atoms with van der Waals surface area (Å²) >= 11 is 0.928. The van der Waals surface area contributed by atoms with E-state index in [1.165, 1.54) is 6.33 Å². The topological polar surface area (TPSA) is 88.6 Å². The van der Waals surface area contributed by atoms with Crippen LogP contribution in [-0.4, -0.2) is 60.7 Å². The van der Waals surface area contributed by atoms with Crippen molar-refractivity contribution in [3.05, 3.63) is 30.1 Å². The SMILES string of the molecule is CNc1ncnc2cc(CN3C(=O)CNCC3COSOC)ccc12. The highest BCUT2D eigenvalue weighted by atomic mass is 32.2. The van der Waals surface area contributed by atoms with Crippen LogP contribution in [0.15, 0.2) is 24.5 Å². The van der Waals surface area contributed by atoms with Crippen molar-refractivity contribution in [2.24, 2.45) is 0 Å². The van der Waals surface area contributed by atoms with Crippen LogP contribution in [-0.2, 0) is 19.7 Å². The van der Waals surface area contributed by atoms with Crippen LogP contribution in [0.25, 0.3) is 10.9 Å². The highest BCUT2D eigenvalue weighted by molar-refractivity contribution is 7.89. The summed E-state index contributed by atoms with van der Waals surface area (Å²) in [6.07, 6.45) is 1.53. The number of amides is 1. The number of hydrogen-bond acceptors (Lipinski definition) is 8. The molecule has 0 aliphatic carbocycles. The summed E-state index contributed by atoms with van der Waals surface area (Å²) in [5.74, 6) is 0.846. The van der Waals surface area contributed by atoms with Crippen molar-refractivity contribution in [1.29, 1.82) is 0 Å². The van der Waals surface area contributed by atoms with Crippen LogP contribution in [0.5, 0.6) is 0 Å². The Hall–Kier alpha value is -1.94. The Morgan fingerprint density at radius 2 is 2.32 bits per heavy atom. The van der Waals surface area contributed by atoms with Gasteiger partial charge >= 0.3 is 0 Å². The van der Waals surface area contributed by atoms with Crippen LogP contribution in [0.3, 0.4) is 0 Å². The van der Waals surface area contributed by atoms with Gasteiger partial charge in [0, 0.05) is 25.5 Å². The van der Waals surface area contributed by atoms with E-state index in [1.54, 1.807) is 7.11 Å². The van der Waals surface area contributed by atoms with E-state index in [-0.39, 0.29) is 11.9 Å². The number of fused-ring (bicyclic) bond motifs is 1. The molecule has 8 nitrogen and oxygen atoms in total. The van der Waals surface area contributed by atoms with E-state index in [0.29, 0.717) is 26.2 Å². The van der Waals surface area contributed by atoms with Crippen LogP contribution in [0.1, 0.15) is 5.56 Å². The molecule has 1 atom stereocenters. The molecule has 1 amide bonds. The van der Waals surface area contributed by atoms with Crippen LogP contribution in [0, 0.1) is 0 Å². The molecule has 0 spiro atoms. The summed E-state index contributed by atoms with van der Waals surface area (Å²) in [5.41, 5.74) is 1.87. The number of aromatic nitrogens is 2. The first kappa shape index (κ1) is 17.9. The predicted octanol–water partition coefficient (Wildman–Crippen LogP) is 1.20. The van der Waals surface area contributed by atoms with Crippen LogP contribution < -0.4 is 10.6 Å². The number of anilines is 1. The maximum Gasteiger partial charge on any atom is 0.237 e. The number of nitrogens with zero attached hydrogens (tertiary/aromatic N) is 3. The number of benzene rings is 1. The van der Waals surface area contributed by atoms with E-state index < -0.39 is 0 Å². The Morgan fingerprint density at radius 1 is 1.44 bits per heavy atom. The van der Waals surface area contributed by atoms with Crippen LogP contribution in [0.2, 0.25) is 0 Å². The molecule has 1 aliphatic rings. The van der Waals surface area contributed by atoms with Gasteiger partial charge in [-0.05, 0) is 17.7 Å². The largest absolute Gasteiger partial charge is 0.373 e. The van der Waals surface area contributed by atoms with Crippen molar-refractivity contribution in [1.82, 2.24) is 20.2 Å². The molecule has 1 aromatic carbocycles. The van der Waals surface area contributed by atoms with E-state index >= 15 is 0 Å². The molecule has 1 fully saturated rings. The monoisotopic (exact) mass is 363 g/mol. The molecule has 0 saturated carbocycles. The summed E-state index contributed by atoms with van der Waals surface area (Å²) in [4.78, 5) is 22.7. The third-order valence-corrected chi connectivity index (χ3v) is 4.45. The second-order valence-corrected chi connectivity index (χ2v) is 6.35. The molecule has 1 aromatic heterocycles. The van der Waals surface area contributed by atoms with Gasteiger partial charge in [-0.15, -0.1) is 0 Å². The first-order chi connectivity index (χ1) is 12.2. The molecule has 0 radical (unpaired) electrons. The van der Waals surface area contributed by atoms with Crippen LogP contribution >= 0.6 is 12.3 Å². The molecular formula is C16H21N5O3S. The Balaban J connectivity index is 1.78. The Morgan fingerprint density at radius 3 is 3.12 bits per heavy atom. The number of nitrogens with one attached hydrogen (secondary N) is 2. The predicted molar refractivity (Wildman–Crippen MR) is 96.8 cm³/mol. The number of rotatable bonds is 7. The fourth-order valence-electron chi connectivity index (χ4n) is 2.88. The zero-order valence-corrected chi connectivity index (χ0v) is 15.0. The average Bonchev–Trinajstić information content (AvgIpc) is 2.63. The molecule has 1 saturated heterocycles. The van der Waals surface area contributed by atoms with Crippen molar-refractivity contribution in [3.63, 3.8) is 0 Å². The van der Waals surface area contributed by atoms with Gasteiger partial charge in [-0.25, -0.2) is 9.97 Å². The van der Waals surface area contributed by atoms with Gasteiger partial charge in [0.15, 0.2) is 12.3 Å². The smallest absolute Gasteiger partial charge is 0.237 e. The minimum atomic E-state index is -0.0436. The number of hydrogen-bond donors (Lipinski definition) is 2. The third kappa shape index (κ3) is 4.18. The zero-order valence-electron chi connectivity index (χ0n) is 14.2. The van der Waals surface area contributed by atoms with Gasteiger partial charge in [0.2, 0.25) is 5.91 Å². The van der Waals surface area contributed by atoms with Gasteiger partial charge < -0.3 is 15.5 Å². The highest BCUT2D eigenvalue weighted by Gasteiger charge is 2.28. The lowest BCUT2D eigenvalue weighted by Crippen LogP contribution is -2.55. The summed E-state index contributed by atoms with van der Waals surface area (Å²) < 4.78 is 10.2. The van der Waals surface area contributed by atoms with Gasteiger partial charge in [-0.3, -0.25) is 13.2 Å². The minimum absolute atomic E-state index is 0.0436. The number of piperazine rings is 1. The molecule has 3 rings (SSSR count). The summed E-state index contributed by atoms with van der Waals surface area (Å²) in [6.45, 7) is 1.95. The summed E-state index contributed by atoms with van der Waals surface area (Å²) in [7, 11) is 3.38. The molecule has 2 heterocycles. The lowest BCUT2D eigenvalue weighted by molar-refractivity contribution is -0.136. The van der Waals surface area contributed by atoms with Gasteiger partial charge in [0.05, 0.1) is 31.8 Å². The summed E-state index contributed by atoms with van der Waals surface area (Å²) in [6, 6.07) is 5.94. The maximum absolute atomic E-state index is 12.3. The van der Waals surface area contributed by atoms with Gasteiger partial charge in [0.25, 0.3) is 0 Å². The molecule has 1 aliphatic heterocycles. The molecular weight excluding hydrogens is 342 g/mol. The molecule has 1 unspecified atom stereocenters. The molecule has 9 heteroatoms. The quantitative estimate of drug-likeness (QED) is 0.560. The first-order valence-electron chi connectivity index (χ1n) is 7.96. The third-order valence-electron chi connectivity index (χ3n) is 4.08. The second kappa shape index (κ2) is 8.43. The lowest BCUT2D eigenvalue weighted by atomic mass is 10.1. The van der Waals surface area contributed by atoms with E-state index in [2.05, 4.69) is 20.6 Å². The van der Waals surface area contributed by atoms with E-state index in [9.17, 15) is 4.79 Å². The van der Waals surface area contributed by atoms with Crippen molar-refractivity contribution in [3.8, 4) is 0 Å². The normalized spacial score (nSPS) is 17.9. The lowest BCUT2D eigenvalue weighted by Gasteiger charge is -2.35. The van der Waals surface area contributed by atoms with Crippen molar-refractivity contribution >= 4 is 35.0 Å². The molecule has 2 N–H and O–H groups in total. The fourth-order valence-corrected chi connectivity index (χ4v) is 3.19. The van der Waals surface area contributed by atoms with Crippen molar-refractivity contribution in [2.75, 3.05) is 39.2 Å². The molecule has 2 aromatic rings. The Labute approximate surface area is 150 Å². The number of carbonyl (C=O) groups excluding carboxylic acids is 1. The minimum Gasteiger partial charge on any atom is -0.373 e. The maximum atomic E-state index is 12.3. The highest BCUT2D eigenvalue weighted by Crippen LogP contribution is 2.22. The molecule has 0 bridgehead atoms. The second-order valence-electron chi connectivity index (χ2n) is 5.65. The van der Waals surface area contributed by atoms with E-state index in [4.69, 9.17) is 8.37 Å². The van der Waals surface area contributed by atoms with Gasteiger partial charge in [-0.2, -0.15) is 0 Å². The Kier molecular flexibility index (Phi) is 6.03. The van der Waals surface area contributed by atoms with Gasteiger partial charge in [0.1, 0.15) is 12.1 Å². The summed E-state index contributed by atoms with van der Waals surface area (Å²) in [5, 5.41) is 7.14. The molecule has 25 heavy (non-hydrogen) atoms. The Bertz CT molecular complexity index is 745. The zero-order chi connectivity index (χ0) is 17.6. The average molecular weight is 363 g/mol. The van der Waals surface area contributed by atoms with E-state index in [1.807, 2.05) is 30.1 Å². The van der Waals surface area contributed by atoms with Crippen molar-refractivity contribution < 1.29 is 13.2 Å². The van der Waals surface area contributed by atoms with Gasteiger partial charge in [-0.1, -0.05) is 6.07 Å².